The SMILES string of the molecule is CC(=O)NCSCC(=O)O. The second-order valence-electron chi connectivity index (χ2n) is 1.62. The molecular formula is C5H9NO3S. The van der Waals surface area contributed by atoms with E-state index < -0.39 is 5.97 Å². The van der Waals surface area contributed by atoms with E-state index in [1.54, 1.807) is 0 Å². The number of carboxylic acids is 1. The first-order valence-corrected chi connectivity index (χ1v) is 3.82. The summed E-state index contributed by atoms with van der Waals surface area (Å²) in [6.07, 6.45) is 0. The fraction of sp³-hybridized carbons (Fsp3) is 0.600. The van der Waals surface area contributed by atoms with Crippen molar-refractivity contribution in [2.24, 2.45) is 0 Å². The van der Waals surface area contributed by atoms with Crippen molar-refractivity contribution in [1.29, 1.82) is 0 Å². The van der Waals surface area contributed by atoms with Gasteiger partial charge in [-0.15, -0.1) is 11.8 Å². The molecule has 58 valence electrons. The molecule has 0 heterocycles. The Kier molecular flexibility index (Phi) is 4.74. The average molecular weight is 163 g/mol. The Labute approximate surface area is 63.0 Å². The zero-order valence-electron chi connectivity index (χ0n) is 5.59. The minimum absolute atomic E-state index is 0.0281. The third-order valence-corrected chi connectivity index (χ3v) is 1.45. The summed E-state index contributed by atoms with van der Waals surface area (Å²) < 4.78 is 0. The van der Waals surface area contributed by atoms with Crippen molar-refractivity contribution in [1.82, 2.24) is 5.32 Å². The van der Waals surface area contributed by atoms with E-state index in [2.05, 4.69) is 5.32 Å². The number of carbonyl (C=O) groups is 2. The maximum absolute atomic E-state index is 10.2. The predicted molar refractivity (Wildman–Crippen MR) is 38.8 cm³/mol. The summed E-state index contributed by atoms with van der Waals surface area (Å²) in [5.74, 6) is -0.615. The topological polar surface area (TPSA) is 66.4 Å². The van der Waals surface area contributed by atoms with Crippen molar-refractivity contribution in [3.05, 3.63) is 0 Å². The van der Waals surface area contributed by atoms with Crippen molar-refractivity contribution < 1.29 is 14.7 Å². The number of hydrogen-bond donors (Lipinski definition) is 2. The number of carboxylic acid groups (broad SMARTS) is 1. The molecule has 0 aromatic rings. The van der Waals surface area contributed by atoms with E-state index in [1.807, 2.05) is 0 Å². The van der Waals surface area contributed by atoms with Gasteiger partial charge in [0.25, 0.3) is 0 Å². The molecule has 0 aromatic heterocycles. The van der Waals surface area contributed by atoms with Gasteiger partial charge in [0.15, 0.2) is 0 Å². The van der Waals surface area contributed by atoms with Crippen LogP contribution >= 0.6 is 11.8 Å². The Morgan fingerprint density at radius 1 is 1.60 bits per heavy atom. The molecule has 5 heteroatoms. The van der Waals surface area contributed by atoms with Gasteiger partial charge in [0.1, 0.15) is 0 Å². The first kappa shape index (κ1) is 9.29. The molecule has 0 saturated carbocycles. The van der Waals surface area contributed by atoms with Crippen molar-refractivity contribution in [2.45, 2.75) is 6.92 Å². The van der Waals surface area contributed by atoms with Crippen LogP contribution < -0.4 is 5.32 Å². The lowest BCUT2D eigenvalue weighted by Crippen LogP contribution is -2.19. The monoisotopic (exact) mass is 163 g/mol. The Morgan fingerprint density at radius 3 is 2.60 bits per heavy atom. The van der Waals surface area contributed by atoms with E-state index in [1.165, 1.54) is 6.92 Å². The molecule has 0 unspecified atom stereocenters. The summed E-state index contributed by atoms with van der Waals surface area (Å²) in [5, 5.41) is 10.6. The lowest BCUT2D eigenvalue weighted by molar-refractivity contribution is -0.134. The number of nitrogens with one attached hydrogen (secondary N) is 1. The number of carbonyl (C=O) groups excluding carboxylic acids is 1. The molecule has 0 radical (unpaired) electrons. The van der Waals surface area contributed by atoms with Crippen molar-refractivity contribution in [3.8, 4) is 0 Å². The third kappa shape index (κ3) is 7.29. The number of amides is 1. The largest absolute Gasteiger partial charge is 0.481 e. The molecule has 2 N–H and O–H groups in total. The zero-order valence-corrected chi connectivity index (χ0v) is 6.40. The third-order valence-electron chi connectivity index (χ3n) is 0.649. The molecule has 0 saturated heterocycles. The zero-order chi connectivity index (χ0) is 7.98. The smallest absolute Gasteiger partial charge is 0.313 e. The number of thioether (sulfide) groups is 1. The lowest BCUT2D eigenvalue weighted by Gasteiger charge is -1.97. The van der Waals surface area contributed by atoms with Crippen LogP contribution in [0.1, 0.15) is 6.92 Å². The van der Waals surface area contributed by atoms with Crippen molar-refractivity contribution in [3.63, 3.8) is 0 Å². The molecule has 0 aromatic carbocycles. The normalized spacial score (nSPS) is 8.90. The highest BCUT2D eigenvalue weighted by molar-refractivity contribution is 7.99. The van der Waals surface area contributed by atoms with Crippen LogP contribution in [0.15, 0.2) is 0 Å². The Morgan fingerprint density at radius 2 is 2.20 bits per heavy atom. The summed E-state index contributed by atoms with van der Waals surface area (Å²) in [5.41, 5.74) is 0. The van der Waals surface area contributed by atoms with Gasteiger partial charge in [0.2, 0.25) is 5.91 Å². The fourth-order valence-electron chi connectivity index (χ4n) is 0.291. The van der Waals surface area contributed by atoms with E-state index >= 15 is 0 Å². The summed E-state index contributed by atoms with van der Waals surface area (Å²) in [4.78, 5) is 20.1. The van der Waals surface area contributed by atoms with Gasteiger partial charge in [-0.3, -0.25) is 9.59 Å². The highest BCUT2D eigenvalue weighted by Crippen LogP contribution is 1.94. The average Bonchev–Trinajstić information content (AvgIpc) is 1.79. The van der Waals surface area contributed by atoms with Crippen molar-refractivity contribution in [2.75, 3.05) is 11.6 Å². The van der Waals surface area contributed by atoms with Gasteiger partial charge in [-0.2, -0.15) is 0 Å². The van der Waals surface area contributed by atoms with Gasteiger partial charge >= 0.3 is 5.97 Å². The van der Waals surface area contributed by atoms with Gasteiger partial charge in [0, 0.05) is 6.92 Å². The van der Waals surface area contributed by atoms with Crippen LogP contribution in [0, 0.1) is 0 Å². The minimum atomic E-state index is -0.865. The highest BCUT2D eigenvalue weighted by Gasteiger charge is 1.95. The molecule has 10 heavy (non-hydrogen) atoms. The molecule has 0 bridgehead atoms. The van der Waals surface area contributed by atoms with Gasteiger partial charge in [-0.05, 0) is 0 Å². The fourth-order valence-corrected chi connectivity index (χ4v) is 0.873. The van der Waals surface area contributed by atoms with Crippen LogP contribution in [-0.2, 0) is 9.59 Å². The summed E-state index contributed by atoms with van der Waals surface area (Å²) >= 11 is 1.16. The van der Waals surface area contributed by atoms with Gasteiger partial charge in [-0.1, -0.05) is 0 Å². The molecule has 0 atom stereocenters. The molecule has 0 fully saturated rings. The molecule has 0 spiro atoms. The van der Waals surface area contributed by atoms with Gasteiger partial charge < -0.3 is 10.4 Å². The van der Waals surface area contributed by atoms with Crippen molar-refractivity contribution >= 4 is 23.6 Å². The number of aliphatic carboxylic acids is 1. The Balaban J connectivity index is 3.06. The Hall–Kier alpha value is -0.710. The summed E-state index contributed by atoms with van der Waals surface area (Å²) in [6, 6.07) is 0. The molecule has 0 aliphatic heterocycles. The highest BCUT2D eigenvalue weighted by atomic mass is 32.2. The van der Waals surface area contributed by atoms with Crippen LogP contribution in [0.4, 0.5) is 0 Å². The molecule has 1 amide bonds. The van der Waals surface area contributed by atoms with E-state index in [0.717, 1.165) is 11.8 Å². The van der Waals surface area contributed by atoms with Crippen LogP contribution in [0.25, 0.3) is 0 Å². The van der Waals surface area contributed by atoms with Gasteiger partial charge in [-0.25, -0.2) is 0 Å². The van der Waals surface area contributed by atoms with Crippen LogP contribution in [0.3, 0.4) is 0 Å². The van der Waals surface area contributed by atoms with E-state index in [4.69, 9.17) is 5.11 Å². The van der Waals surface area contributed by atoms with Crippen LogP contribution in [-0.4, -0.2) is 28.6 Å². The summed E-state index contributed by atoms with van der Waals surface area (Å²) in [7, 11) is 0. The molecule has 0 aliphatic carbocycles. The standard InChI is InChI=1S/C5H9NO3S/c1-4(7)6-3-10-2-5(8)9/h2-3H2,1H3,(H,6,7)(H,8,9). The second-order valence-corrected chi connectivity index (χ2v) is 2.61. The Bertz CT molecular complexity index is 121. The first-order valence-electron chi connectivity index (χ1n) is 2.67. The second kappa shape index (κ2) is 5.10. The quantitative estimate of drug-likeness (QED) is 0.448. The van der Waals surface area contributed by atoms with Gasteiger partial charge in [0.05, 0.1) is 11.6 Å². The lowest BCUT2D eigenvalue weighted by atomic mass is 10.7. The molecule has 0 rings (SSSR count). The van der Waals surface area contributed by atoms with Crippen LogP contribution in [0.2, 0.25) is 0 Å². The number of hydrogen-bond acceptors (Lipinski definition) is 3. The maximum Gasteiger partial charge on any atom is 0.313 e. The predicted octanol–water partition coefficient (Wildman–Crippen LogP) is -0.102. The number of rotatable bonds is 4. The minimum Gasteiger partial charge on any atom is -0.481 e. The van der Waals surface area contributed by atoms with Crippen LogP contribution in [0.5, 0.6) is 0 Å². The maximum atomic E-state index is 10.2. The molecule has 4 nitrogen and oxygen atoms in total. The molecular weight excluding hydrogens is 154 g/mol. The van der Waals surface area contributed by atoms with E-state index in [-0.39, 0.29) is 11.7 Å². The van der Waals surface area contributed by atoms with E-state index in [9.17, 15) is 9.59 Å². The summed E-state index contributed by atoms with van der Waals surface area (Å²) in [6.45, 7) is 1.39. The molecule has 0 aliphatic rings. The van der Waals surface area contributed by atoms with E-state index in [0.29, 0.717) is 5.88 Å². The first-order chi connectivity index (χ1) is 4.63.